The summed E-state index contributed by atoms with van der Waals surface area (Å²) < 4.78 is 11.3. The Kier molecular flexibility index (Phi) is 58.0. The van der Waals surface area contributed by atoms with Crippen LogP contribution in [-0.2, 0) is 14.3 Å². The quantitative estimate of drug-likeness (QED) is 0.0261. The maximum atomic E-state index is 13.1. The van der Waals surface area contributed by atoms with Crippen LogP contribution in [0, 0.1) is 0 Å². The Morgan fingerprint density at radius 1 is 0.427 bits per heavy atom. The summed E-state index contributed by atoms with van der Waals surface area (Å²) >= 11 is 0. The first-order chi connectivity index (χ1) is 40.3. The minimum absolute atomic E-state index is 0.187. The van der Waals surface area contributed by atoms with E-state index in [0.29, 0.717) is 6.42 Å². The molecular formula is C73H131NO8. The van der Waals surface area contributed by atoms with E-state index in [1.165, 1.54) is 225 Å². The zero-order valence-electron chi connectivity index (χ0n) is 53.2. The van der Waals surface area contributed by atoms with Gasteiger partial charge in [-0.25, -0.2) is 0 Å². The fourth-order valence-electron chi connectivity index (χ4n) is 10.8. The van der Waals surface area contributed by atoms with Crippen molar-refractivity contribution in [2.45, 2.75) is 358 Å². The van der Waals surface area contributed by atoms with E-state index >= 15 is 0 Å². The average molecular weight is 1150 g/mol. The van der Waals surface area contributed by atoms with E-state index in [2.05, 4.69) is 92.1 Å². The van der Waals surface area contributed by atoms with E-state index in [1.807, 2.05) is 6.08 Å². The van der Waals surface area contributed by atoms with Gasteiger partial charge in [-0.2, -0.15) is 0 Å². The Labute approximate surface area is 505 Å². The van der Waals surface area contributed by atoms with Crippen molar-refractivity contribution in [3.63, 3.8) is 0 Å². The van der Waals surface area contributed by atoms with Gasteiger partial charge in [0.2, 0.25) is 5.91 Å². The highest BCUT2D eigenvalue weighted by atomic mass is 16.7. The van der Waals surface area contributed by atoms with E-state index in [9.17, 15) is 30.3 Å². The molecule has 1 aliphatic rings. The topological polar surface area (TPSA) is 149 Å². The molecule has 0 saturated carbocycles. The van der Waals surface area contributed by atoms with Crippen LogP contribution in [-0.4, -0.2) is 87.5 Å². The predicted octanol–water partition coefficient (Wildman–Crippen LogP) is 18.9. The van der Waals surface area contributed by atoms with Gasteiger partial charge in [0, 0.05) is 6.42 Å². The average Bonchev–Trinajstić information content (AvgIpc) is 3.57. The Morgan fingerprint density at radius 3 is 1.17 bits per heavy atom. The van der Waals surface area contributed by atoms with Gasteiger partial charge >= 0.3 is 0 Å². The molecule has 7 atom stereocenters. The molecule has 1 amide bonds. The van der Waals surface area contributed by atoms with Crippen LogP contribution in [0.15, 0.2) is 85.1 Å². The second-order valence-corrected chi connectivity index (χ2v) is 23.9. The number of nitrogens with one attached hydrogen (secondary N) is 1. The first-order valence-corrected chi connectivity index (χ1v) is 34.8. The number of aliphatic hydroxyl groups excluding tert-OH is 5. The zero-order chi connectivity index (χ0) is 59.3. The number of amides is 1. The van der Waals surface area contributed by atoms with E-state index in [1.54, 1.807) is 6.08 Å². The van der Waals surface area contributed by atoms with Crippen molar-refractivity contribution < 1.29 is 39.8 Å². The SMILES string of the molecule is CC/C=C\C/C=C\C/C=C\C/C=C\CCCCCCCCCCCCCCCCCCCCCCCCCCCCCCC(=O)NC(COC1OC(CO)C(O)C(O)C1O)C(O)/C=C/CC/C=C/CC/C=C/CCCCCCCCCC. The number of allylic oxidation sites excluding steroid dienone is 13. The van der Waals surface area contributed by atoms with Crippen LogP contribution in [0.4, 0.5) is 0 Å². The molecular weight excluding hydrogens is 1020 g/mol. The number of carbonyl (C=O) groups is 1. The summed E-state index contributed by atoms with van der Waals surface area (Å²) in [6, 6.07) is -0.830. The van der Waals surface area contributed by atoms with E-state index in [0.717, 1.165) is 70.6 Å². The van der Waals surface area contributed by atoms with Crippen LogP contribution >= 0.6 is 0 Å². The molecule has 7 unspecified atom stereocenters. The van der Waals surface area contributed by atoms with E-state index < -0.39 is 49.5 Å². The molecule has 1 rings (SSSR count). The lowest BCUT2D eigenvalue weighted by molar-refractivity contribution is -0.302. The van der Waals surface area contributed by atoms with Gasteiger partial charge in [-0.3, -0.25) is 4.79 Å². The largest absolute Gasteiger partial charge is 0.394 e. The minimum atomic E-state index is -1.58. The molecule has 82 heavy (non-hydrogen) atoms. The van der Waals surface area contributed by atoms with Gasteiger partial charge in [-0.05, 0) is 83.5 Å². The van der Waals surface area contributed by atoms with Crippen molar-refractivity contribution in [2.75, 3.05) is 13.2 Å². The molecule has 0 aromatic heterocycles. The number of ether oxygens (including phenoxy) is 2. The molecule has 6 N–H and O–H groups in total. The number of aliphatic hydroxyl groups is 5. The first-order valence-electron chi connectivity index (χ1n) is 34.8. The van der Waals surface area contributed by atoms with E-state index in [4.69, 9.17) is 9.47 Å². The van der Waals surface area contributed by atoms with Crippen molar-refractivity contribution in [3.05, 3.63) is 85.1 Å². The fraction of sp³-hybridized carbons (Fsp3) is 0.795. The zero-order valence-corrected chi connectivity index (χ0v) is 53.2. The van der Waals surface area contributed by atoms with E-state index in [-0.39, 0.29) is 12.5 Å². The van der Waals surface area contributed by atoms with Crippen LogP contribution in [0.2, 0.25) is 0 Å². The van der Waals surface area contributed by atoms with Crippen LogP contribution in [0.5, 0.6) is 0 Å². The van der Waals surface area contributed by atoms with Crippen LogP contribution in [0.1, 0.15) is 316 Å². The highest BCUT2D eigenvalue weighted by Gasteiger charge is 2.44. The van der Waals surface area contributed by atoms with Crippen molar-refractivity contribution in [3.8, 4) is 0 Å². The Hall–Kier alpha value is -2.63. The van der Waals surface area contributed by atoms with Crippen LogP contribution < -0.4 is 5.32 Å². The molecule has 9 heteroatoms. The summed E-state index contributed by atoms with van der Waals surface area (Å²) in [5.41, 5.74) is 0. The summed E-state index contributed by atoms with van der Waals surface area (Å²) in [5, 5.41) is 54.6. The summed E-state index contributed by atoms with van der Waals surface area (Å²) in [5.74, 6) is -0.187. The second-order valence-electron chi connectivity index (χ2n) is 23.9. The molecule has 0 radical (unpaired) electrons. The molecule has 1 heterocycles. The molecule has 1 aliphatic heterocycles. The third-order valence-corrected chi connectivity index (χ3v) is 16.2. The number of rotatable bonds is 60. The summed E-state index contributed by atoms with van der Waals surface area (Å²) in [6.45, 7) is 3.66. The first kappa shape index (κ1) is 77.4. The highest BCUT2D eigenvalue weighted by Crippen LogP contribution is 2.23. The number of carbonyl (C=O) groups excluding carboxylic acids is 1. The highest BCUT2D eigenvalue weighted by molar-refractivity contribution is 5.76. The number of hydrogen-bond donors (Lipinski definition) is 6. The lowest BCUT2D eigenvalue weighted by Gasteiger charge is -2.40. The lowest BCUT2D eigenvalue weighted by Crippen LogP contribution is -2.60. The minimum Gasteiger partial charge on any atom is -0.394 e. The maximum absolute atomic E-state index is 13.1. The van der Waals surface area contributed by atoms with Crippen molar-refractivity contribution >= 4 is 5.91 Å². The third-order valence-electron chi connectivity index (χ3n) is 16.2. The molecule has 0 aromatic rings. The lowest BCUT2D eigenvalue weighted by atomic mass is 9.99. The molecule has 0 bridgehead atoms. The normalized spacial score (nSPS) is 18.8. The third kappa shape index (κ3) is 49.6. The number of hydrogen-bond acceptors (Lipinski definition) is 8. The van der Waals surface area contributed by atoms with Crippen molar-refractivity contribution in [2.24, 2.45) is 0 Å². The predicted molar refractivity (Wildman–Crippen MR) is 350 cm³/mol. The van der Waals surface area contributed by atoms with Gasteiger partial charge < -0.3 is 40.3 Å². The molecule has 9 nitrogen and oxygen atoms in total. The summed E-state index contributed by atoms with van der Waals surface area (Å²) in [4.78, 5) is 13.1. The van der Waals surface area contributed by atoms with Crippen LogP contribution in [0.25, 0.3) is 0 Å². The standard InChI is InChI=1S/C73H131NO8/c1-3-5-7-9-11-13-15-17-19-21-23-24-25-26-27-28-29-30-31-32-33-34-35-36-37-38-39-40-41-42-43-44-45-47-49-51-53-55-57-59-61-63-69(77)74-66(65-81-73-72(80)71(79)70(78)68(64-75)82-73)67(76)62-60-58-56-54-52-50-48-46-22-20-18-16-14-12-10-8-6-4-2/h5,7,11,13,17,19,22-24,46,52,54,60,62,66-68,70-73,75-76,78-80H,3-4,6,8-10,12,14-16,18,20-21,25-45,47-51,53,55-59,61,63-65H2,1-2H3,(H,74,77)/b7-5-,13-11-,19-17-,24-23-,46-22+,54-52+,62-60+. The maximum Gasteiger partial charge on any atom is 0.220 e. The van der Waals surface area contributed by atoms with Gasteiger partial charge in [0.1, 0.15) is 24.4 Å². The van der Waals surface area contributed by atoms with Gasteiger partial charge in [-0.15, -0.1) is 0 Å². The monoisotopic (exact) mass is 1150 g/mol. The molecule has 0 spiro atoms. The van der Waals surface area contributed by atoms with Gasteiger partial charge in [-0.1, -0.05) is 311 Å². The van der Waals surface area contributed by atoms with Crippen LogP contribution in [0.3, 0.4) is 0 Å². The Bertz CT molecular complexity index is 1570. The molecule has 476 valence electrons. The molecule has 0 aliphatic carbocycles. The van der Waals surface area contributed by atoms with Crippen molar-refractivity contribution in [1.29, 1.82) is 0 Å². The molecule has 1 fully saturated rings. The second kappa shape index (κ2) is 61.5. The van der Waals surface area contributed by atoms with Crippen molar-refractivity contribution in [1.82, 2.24) is 5.32 Å². The number of unbranched alkanes of at least 4 members (excludes halogenated alkanes) is 38. The van der Waals surface area contributed by atoms with Gasteiger partial charge in [0.15, 0.2) is 6.29 Å². The molecule has 1 saturated heterocycles. The Balaban J connectivity index is 2.05. The Morgan fingerprint density at radius 2 is 0.768 bits per heavy atom. The van der Waals surface area contributed by atoms with Gasteiger partial charge in [0.05, 0.1) is 25.4 Å². The summed E-state index contributed by atoms with van der Waals surface area (Å²) in [6.07, 6.45) is 81.4. The summed E-state index contributed by atoms with van der Waals surface area (Å²) in [7, 11) is 0. The molecule has 0 aromatic carbocycles. The van der Waals surface area contributed by atoms with Gasteiger partial charge in [0.25, 0.3) is 0 Å². The fourth-order valence-corrected chi connectivity index (χ4v) is 10.8. The smallest absolute Gasteiger partial charge is 0.220 e.